The Hall–Kier alpha value is -0.650. The van der Waals surface area contributed by atoms with Gasteiger partial charge in [-0.2, -0.15) is 0 Å². The Kier molecular flexibility index (Phi) is 4.37. The first-order valence-corrected chi connectivity index (χ1v) is 9.49. The lowest BCUT2D eigenvalue weighted by Gasteiger charge is -2.56. The van der Waals surface area contributed by atoms with Crippen molar-refractivity contribution in [1.29, 1.82) is 0 Å². The number of morpholine rings is 1. The van der Waals surface area contributed by atoms with Crippen molar-refractivity contribution in [2.75, 3.05) is 46.4 Å². The van der Waals surface area contributed by atoms with Crippen LogP contribution in [0, 0.1) is 11.8 Å². The molecule has 1 spiro atoms. The van der Waals surface area contributed by atoms with E-state index < -0.39 is 0 Å². The van der Waals surface area contributed by atoms with Gasteiger partial charge in [-0.1, -0.05) is 12.8 Å². The van der Waals surface area contributed by atoms with Gasteiger partial charge in [0.25, 0.3) is 0 Å². The number of nitrogens with zero attached hydrogens (tertiary/aromatic N) is 2. The predicted molar refractivity (Wildman–Crippen MR) is 89.2 cm³/mol. The normalized spacial score (nSPS) is 32.1. The molecule has 2 saturated carbocycles. The number of rotatable bonds is 5. The van der Waals surface area contributed by atoms with Gasteiger partial charge in [-0.25, -0.2) is 0 Å². The maximum Gasteiger partial charge on any atom is 0.239 e. The van der Waals surface area contributed by atoms with E-state index in [4.69, 9.17) is 4.74 Å². The van der Waals surface area contributed by atoms with Crippen LogP contribution in [0.2, 0.25) is 0 Å². The molecule has 0 aromatic rings. The van der Waals surface area contributed by atoms with Crippen molar-refractivity contribution in [2.45, 2.75) is 50.2 Å². The zero-order chi connectivity index (χ0) is 15.9. The van der Waals surface area contributed by atoms with Crippen LogP contribution >= 0.6 is 0 Å². The lowest BCUT2D eigenvalue weighted by molar-refractivity contribution is -0.202. The Labute approximate surface area is 139 Å². The molecule has 4 rings (SSSR count). The van der Waals surface area contributed by atoms with Gasteiger partial charge in [0.2, 0.25) is 5.91 Å². The molecule has 5 nitrogen and oxygen atoms in total. The summed E-state index contributed by atoms with van der Waals surface area (Å²) in [6.45, 7) is 5.95. The highest BCUT2D eigenvalue weighted by Gasteiger charge is 2.51. The Bertz CT molecular complexity index is 440. The molecule has 2 aliphatic heterocycles. The fourth-order valence-electron chi connectivity index (χ4n) is 4.77. The van der Waals surface area contributed by atoms with E-state index in [0.717, 1.165) is 38.0 Å². The number of likely N-dealkylation sites (N-methyl/N-ethyl adjacent to an activating group) is 1. The van der Waals surface area contributed by atoms with Crippen LogP contribution in [0.4, 0.5) is 0 Å². The van der Waals surface area contributed by atoms with E-state index >= 15 is 0 Å². The number of amides is 1. The zero-order valence-electron chi connectivity index (χ0n) is 14.4. The van der Waals surface area contributed by atoms with E-state index in [0.29, 0.717) is 6.61 Å². The molecule has 2 saturated heterocycles. The smallest absolute Gasteiger partial charge is 0.239 e. The number of hydrogen-bond donors (Lipinski definition) is 1. The van der Waals surface area contributed by atoms with Crippen LogP contribution in [0.5, 0.6) is 0 Å². The van der Waals surface area contributed by atoms with E-state index in [2.05, 4.69) is 15.1 Å². The van der Waals surface area contributed by atoms with Crippen LogP contribution in [0.1, 0.15) is 38.5 Å². The summed E-state index contributed by atoms with van der Waals surface area (Å²) in [7, 11) is 1.73. The van der Waals surface area contributed by atoms with Crippen LogP contribution in [-0.4, -0.2) is 73.7 Å². The molecule has 0 radical (unpaired) electrons. The predicted octanol–water partition coefficient (Wildman–Crippen LogP) is 1.09. The third-order valence-electron chi connectivity index (χ3n) is 6.23. The standard InChI is InChI=1S/C18H31N3O2/c1-19-17(22)16-10-23-18(13-21(16)9-15-6-7-15)11-20(12-18)8-14-4-2-3-5-14/h14-16H,2-13H2,1H3,(H,19,22). The minimum atomic E-state index is -0.0879. The van der Waals surface area contributed by atoms with Gasteiger partial charge in [0, 0.05) is 39.8 Å². The summed E-state index contributed by atoms with van der Waals surface area (Å²) in [5, 5.41) is 2.81. The molecular weight excluding hydrogens is 290 g/mol. The fraction of sp³-hybridized carbons (Fsp3) is 0.944. The van der Waals surface area contributed by atoms with Gasteiger partial charge in [0.1, 0.15) is 11.6 Å². The number of likely N-dealkylation sites (tertiary alicyclic amines) is 1. The molecular formula is C18H31N3O2. The monoisotopic (exact) mass is 321 g/mol. The van der Waals surface area contributed by atoms with Crippen LogP contribution < -0.4 is 5.32 Å². The summed E-state index contributed by atoms with van der Waals surface area (Å²) in [5.74, 6) is 1.84. The van der Waals surface area contributed by atoms with Crippen LogP contribution in [0.25, 0.3) is 0 Å². The maximum absolute atomic E-state index is 12.1. The Morgan fingerprint density at radius 1 is 1.09 bits per heavy atom. The molecule has 0 bridgehead atoms. The molecule has 1 N–H and O–H groups in total. The summed E-state index contributed by atoms with van der Waals surface area (Å²) in [5.41, 5.74) is -0.00197. The molecule has 5 heteroatoms. The maximum atomic E-state index is 12.1. The molecule has 2 aliphatic carbocycles. The quantitative estimate of drug-likeness (QED) is 0.823. The second-order valence-corrected chi connectivity index (χ2v) is 8.32. The van der Waals surface area contributed by atoms with Gasteiger partial charge < -0.3 is 10.1 Å². The van der Waals surface area contributed by atoms with Crippen LogP contribution in [-0.2, 0) is 9.53 Å². The molecule has 4 fully saturated rings. The highest BCUT2D eigenvalue weighted by Crippen LogP contribution is 2.37. The molecule has 4 aliphatic rings. The van der Waals surface area contributed by atoms with Crippen molar-refractivity contribution >= 4 is 5.91 Å². The van der Waals surface area contributed by atoms with Crippen LogP contribution in [0.15, 0.2) is 0 Å². The van der Waals surface area contributed by atoms with Crippen molar-refractivity contribution in [2.24, 2.45) is 11.8 Å². The van der Waals surface area contributed by atoms with Crippen LogP contribution in [0.3, 0.4) is 0 Å². The molecule has 1 unspecified atom stereocenters. The minimum absolute atomic E-state index is 0.00197. The summed E-state index contributed by atoms with van der Waals surface area (Å²) in [6, 6.07) is -0.0879. The van der Waals surface area contributed by atoms with Crippen molar-refractivity contribution in [3.8, 4) is 0 Å². The van der Waals surface area contributed by atoms with Gasteiger partial charge >= 0.3 is 0 Å². The molecule has 2 heterocycles. The molecule has 0 aromatic heterocycles. The summed E-state index contributed by atoms with van der Waals surface area (Å²) < 4.78 is 6.22. The third-order valence-corrected chi connectivity index (χ3v) is 6.23. The second kappa shape index (κ2) is 6.34. The molecule has 1 atom stereocenters. The molecule has 1 amide bonds. The van der Waals surface area contributed by atoms with Gasteiger partial charge in [0.15, 0.2) is 0 Å². The molecule has 130 valence electrons. The first kappa shape index (κ1) is 15.9. The number of carbonyl (C=O) groups is 1. The number of hydrogen-bond acceptors (Lipinski definition) is 4. The minimum Gasteiger partial charge on any atom is -0.369 e. The van der Waals surface area contributed by atoms with Crippen molar-refractivity contribution in [3.05, 3.63) is 0 Å². The average molecular weight is 321 g/mol. The lowest BCUT2D eigenvalue weighted by atomic mass is 9.89. The lowest BCUT2D eigenvalue weighted by Crippen LogP contribution is -2.73. The van der Waals surface area contributed by atoms with Gasteiger partial charge in [0.05, 0.1) is 6.61 Å². The highest BCUT2D eigenvalue weighted by molar-refractivity contribution is 5.81. The first-order chi connectivity index (χ1) is 11.2. The molecule has 23 heavy (non-hydrogen) atoms. The SMILES string of the molecule is CNC(=O)C1COC2(CN(CC3CCCC3)C2)CN1CC1CC1. The number of nitrogens with one attached hydrogen (secondary N) is 1. The Morgan fingerprint density at radius 2 is 1.78 bits per heavy atom. The molecule has 0 aromatic carbocycles. The van der Waals surface area contributed by atoms with Gasteiger partial charge in [-0.3, -0.25) is 14.6 Å². The van der Waals surface area contributed by atoms with Crippen molar-refractivity contribution in [3.63, 3.8) is 0 Å². The third kappa shape index (κ3) is 3.42. The van der Waals surface area contributed by atoms with E-state index in [1.54, 1.807) is 7.05 Å². The van der Waals surface area contributed by atoms with Gasteiger partial charge in [-0.05, 0) is 37.5 Å². The van der Waals surface area contributed by atoms with E-state index in [9.17, 15) is 4.79 Å². The topological polar surface area (TPSA) is 44.8 Å². The first-order valence-electron chi connectivity index (χ1n) is 9.49. The van der Waals surface area contributed by atoms with E-state index in [1.165, 1.54) is 45.1 Å². The van der Waals surface area contributed by atoms with E-state index in [1.807, 2.05) is 0 Å². The Morgan fingerprint density at radius 3 is 2.43 bits per heavy atom. The average Bonchev–Trinajstić information content (AvgIpc) is 3.18. The highest BCUT2D eigenvalue weighted by atomic mass is 16.5. The summed E-state index contributed by atoms with van der Waals surface area (Å²) >= 11 is 0. The zero-order valence-corrected chi connectivity index (χ0v) is 14.4. The summed E-state index contributed by atoms with van der Waals surface area (Å²) in [6.07, 6.45) is 8.33. The van der Waals surface area contributed by atoms with Crippen molar-refractivity contribution in [1.82, 2.24) is 15.1 Å². The van der Waals surface area contributed by atoms with Crippen molar-refractivity contribution < 1.29 is 9.53 Å². The largest absolute Gasteiger partial charge is 0.369 e. The fourth-order valence-corrected chi connectivity index (χ4v) is 4.77. The van der Waals surface area contributed by atoms with E-state index in [-0.39, 0.29) is 17.6 Å². The Balaban J connectivity index is 1.33. The summed E-state index contributed by atoms with van der Waals surface area (Å²) in [4.78, 5) is 17.1. The van der Waals surface area contributed by atoms with Gasteiger partial charge in [-0.15, -0.1) is 0 Å². The number of ether oxygens (including phenoxy) is 1. The second-order valence-electron chi connectivity index (χ2n) is 8.32. The number of carbonyl (C=O) groups excluding carboxylic acids is 1.